The molecule has 0 spiro atoms. The molecule has 0 saturated carbocycles. The number of ether oxygens (including phenoxy) is 3. The summed E-state index contributed by atoms with van der Waals surface area (Å²) in [6.45, 7) is 6.95. The Hall–Kier alpha value is -2.77. The van der Waals surface area contributed by atoms with E-state index in [4.69, 9.17) is 25.8 Å². The van der Waals surface area contributed by atoms with E-state index in [9.17, 15) is 0 Å². The first-order valence-corrected chi connectivity index (χ1v) is 9.11. The van der Waals surface area contributed by atoms with Gasteiger partial charge in [-0.2, -0.15) is 0 Å². The van der Waals surface area contributed by atoms with Gasteiger partial charge in [0.05, 0.1) is 26.3 Å². The fraction of sp³-hybridized carbons (Fsp3) is 0.300. The monoisotopic (exact) mass is 402 g/mol. The molecule has 0 atom stereocenters. The van der Waals surface area contributed by atoms with Crippen molar-refractivity contribution < 1.29 is 14.2 Å². The van der Waals surface area contributed by atoms with Crippen LogP contribution in [0, 0.1) is 6.92 Å². The maximum absolute atomic E-state index is 5.86. The first kappa shape index (κ1) is 20.0. The summed E-state index contributed by atoms with van der Waals surface area (Å²) in [5, 5.41) is 4.67. The average Bonchev–Trinajstić information content (AvgIpc) is 3.10. The number of H-pyrrole nitrogens is 1. The molecular formula is C20H23ClN4O3. The molecule has 2 N–H and O–H groups in total. The molecule has 0 bridgehead atoms. The highest BCUT2D eigenvalue weighted by Gasteiger charge is 2.13. The minimum Gasteiger partial charge on any atom is -0.493 e. The van der Waals surface area contributed by atoms with Gasteiger partial charge in [0.1, 0.15) is 12.4 Å². The lowest BCUT2D eigenvalue weighted by molar-refractivity contribution is 0.340. The van der Waals surface area contributed by atoms with Crippen LogP contribution in [0.25, 0.3) is 10.9 Å². The quantitative estimate of drug-likeness (QED) is 0.568. The molecule has 7 nitrogen and oxygen atoms in total. The van der Waals surface area contributed by atoms with Crippen LogP contribution in [0.15, 0.2) is 36.0 Å². The lowest BCUT2D eigenvalue weighted by Crippen LogP contribution is -2.15. The Kier molecular flexibility index (Phi) is 6.38. The molecule has 3 rings (SSSR count). The van der Waals surface area contributed by atoms with Gasteiger partial charge in [-0.3, -0.25) is 0 Å². The van der Waals surface area contributed by atoms with E-state index in [1.165, 1.54) is 0 Å². The molecule has 0 saturated heterocycles. The van der Waals surface area contributed by atoms with E-state index in [0.29, 0.717) is 35.5 Å². The van der Waals surface area contributed by atoms with E-state index >= 15 is 0 Å². The molecule has 0 aliphatic rings. The van der Waals surface area contributed by atoms with Gasteiger partial charge in [0.2, 0.25) is 5.88 Å². The third-order valence-electron chi connectivity index (χ3n) is 4.09. The van der Waals surface area contributed by atoms with Gasteiger partial charge in [0, 0.05) is 40.5 Å². The first-order valence-electron chi connectivity index (χ1n) is 8.73. The molecule has 0 fully saturated rings. The van der Waals surface area contributed by atoms with Gasteiger partial charge in [-0.25, -0.2) is 9.97 Å². The number of nitrogens with one attached hydrogen (secondary N) is 2. The van der Waals surface area contributed by atoms with Crippen molar-refractivity contribution in [2.45, 2.75) is 20.0 Å². The molecule has 1 aromatic carbocycles. The van der Waals surface area contributed by atoms with Gasteiger partial charge < -0.3 is 24.5 Å². The summed E-state index contributed by atoms with van der Waals surface area (Å²) < 4.78 is 16.5. The molecule has 0 amide bonds. The number of aryl methyl sites for hydroxylation is 1. The molecular weight excluding hydrogens is 380 g/mol. The second kappa shape index (κ2) is 8.95. The van der Waals surface area contributed by atoms with Crippen molar-refractivity contribution >= 4 is 22.5 Å². The largest absolute Gasteiger partial charge is 0.493 e. The Morgan fingerprint density at radius 1 is 1.18 bits per heavy atom. The second-order valence-corrected chi connectivity index (χ2v) is 6.81. The number of hydrogen-bond donors (Lipinski definition) is 2. The average molecular weight is 403 g/mol. The summed E-state index contributed by atoms with van der Waals surface area (Å²) in [7, 11) is 3.20. The topological polar surface area (TPSA) is 81.3 Å². The van der Waals surface area contributed by atoms with E-state index in [-0.39, 0.29) is 6.61 Å². The smallest absolute Gasteiger partial charge is 0.218 e. The van der Waals surface area contributed by atoms with E-state index in [1.807, 2.05) is 25.1 Å². The highest BCUT2D eigenvalue weighted by molar-refractivity contribution is 6.29. The number of aromatic amines is 1. The fourth-order valence-electron chi connectivity index (χ4n) is 2.80. The van der Waals surface area contributed by atoms with Gasteiger partial charge in [0.25, 0.3) is 0 Å². The van der Waals surface area contributed by atoms with Crippen molar-refractivity contribution in [3.8, 4) is 17.4 Å². The van der Waals surface area contributed by atoms with Crippen LogP contribution < -0.4 is 19.5 Å². The first-order chi connectivity index (χ1) is 13.5. The Morgan fingerprint density at radius 2 is 1.93 bits per heavy atom. The molecule has 148 valence electrons. The van der Waals surface area contributed by atoms with Gasteiger partial charge in [-0.05, 0) is 19.1 Å². The third-order valence-corrected chi connectivity index (χ3v) is 4.20. The molecule has 2 aromatic heterocycles. The number of pyridine rings is 1. The Balaban J connectivity index is 1.89. The SMILES string of the molecule is C=C(Cl)COc1nc2cc(OC)c(OC)cc2cc1CNCc1ncc(C)[nH]1. The molecule has 3 aromatic rings. The highest BCUT2D eigenvalue weighted by atomic mass is 35.5. The summed E-state index contributed by atoms with van der Waals surface area (Å²) in [5.74, 6) is 2.61. The fourth-order valence-corrected chi connectivity index (χ4v) is 2.85. The van der Waals surface area contributed by atoms with Crippen LogP contribution in [-0.4, -0.2) is 35.8 Å². The normalized spacial score (nSPS) is 10.9. The summed E-state index contributed by atoms with van der Waals surface area (Å²) >= 11 is 5.86. The summed E-state index contributed by atoms with van der Waals surface area (Å²) in [6.07, 6.45) is 1.80. The van der Waals surface area contributed by atoms with E-state index in [0.717, 1.165) is 28.0 Å². The van der Waals surface area contributed by atoms with Crippen LogP contribution >= 0.6 is 11.6 Å². The number of rotatable bonds is 9. The number of methoxy groups -OCH3 is 2. The number of aromatic nitrogens is 3. The second-order valence-electron chi connectivity index (χ2n) is 6.27. The summed E-state index contributed by atoms with van der Waals surface area (Å²) in [6, 6.07) is 5.72. The molecule has 0 aliphatic heterocycles. The van der Waals surface area contributed by atoms with Crippen molar-refractivity contribution in [2.75, 3.05) is 20.8 Å². The zero-order valence-electron chi connectivity index (χ0n) is 16.1. The predicted molar refractivity (Wildman–Crippen MR) is 109 cm³/mol. The van der Waals surface area contributed by atoms with Crippen LogP contribution in [0.2, 0.25) is 0 Å². The lowest BCUT2D eigenvalue weighted by Gasteiger charge is -2.14. The van der Waals surface area contributed by atoms with Crippen molar-refractivity contribution in [3.63, 3.8) is 0 Å². The molecule has 0 unspecified atom stereocenters. The van der Waals surface area contributed by atoms with Gasteiger partial charge in [-0.15, -0.1) is 0 Å². The summed E-state index contributed by atoms with van der Waals surface area (Å²) in [5.41, 5.74) is 2.65. The zero-order valence-corrected chi connectivity index (χ0v) is 16.9. The lowest BCUT2D eigenvalue weighted by atomic mass is 10.1. The number of nitrogens with zero attached hydrogens (tertiary/aromatic N) is 2. The number of imidazole rings is 1. The number of benzene rings is 1. The van der Waals surface area contributed by atoms with E-state index in [2.05, 4.69) is 26.8 Å². The third kappa shape index (κ3) is 4.74. The molecule has 28 heavy (non-hydrogen) atoms. The minimum atomic E-state index is 0.178. The van der Waals surface area contributed by atoms with Crippen molar-refractivity contribution in [3.05, 3.63) is 53.1 Å². The Morgan fingerprint density at radius 3 is 2.57 bits per heavy atom. The minimum absolute atomic E-state index is 0.178. The number of fused-ring (bicyclic) bond motifs is 1. The van der Waals surface area contributed by atoms with E-state index in [1.54, 1.807) is 20.4 Å². The molecule has 0 aliphatic carbocycles. The van der Waals surface area contributed by atoms with Crippen LogP contribution in [0.4, 0.5) is 0 Å². The predicted octanol–water partition coefficient (Wildman–Crippen LogP) is 3.70. The van der Waals surface area contributed by atoms with Gasteiger partial charge in [0.15, 0.2) is 11.5 Å². The maximum atomic E-state index is 5.86. The van der Waals surface area contributed by atoms with Crippen molar-refractivity contribution in [1.82, 2.24) is 20.3 Å². The zero-order chi connectivity index (χ0) is 20.1. The van der Waals surface area contributed by atoms with Gasteiger partial charge >= 0.3 is 0 Å². The van der Waals surface area contributed by atoms with Gasteiger partial charge in [-0.1, -0.05) is 18.2 Å². The summed E-state index contributed by atoms with van der Waals surface area (Å²) in [4.78, 5) is 12.1. The molecule has 8 heteroatoms. The van der Waals surface area contributed by atoms with Crippen molar-refractivity contribution in [2.24, 2.45) is 0 Å². The van der Waals surface area contributed by atoms with Crippen LogP contribution in [0.3, 0.4) is 0 Å². The van der Waals surface area contributed by atoms with E-state index < -0.39 is 0 Å². The number of halogens is 1. The Labute approximate surface area is 168 Å². The Bertz CT molecular complexity index is 987. The standard InChI is InChI=1S/C20H23ClN4O3/c1-12(21)11-28-20-15(9-22-10-19-23-8-13(2)24-19)5-14-6-17(26-3)18(27-4)7-16(14)25-20/h5-8,22H,1,9-11H2,2-4H3,(H,23,24). The van der Waals surface area contributed by atoms with Crippen LogP contribution in [0.5, 0.6) is 17.4 Å². The maximum Gasteiger partial charge on any atom is 0.218 e. The van der Waals surface area contributed by atoms with Crippen LogP contribution in [-0.2, 0) is 13.1 Å². The molecule has 2 heterocycles. The van der Waals surface area contributed by atoms with Crippen molar-refractivity contribution in [1.29, 1.82) is 0 Å². The highest BCUT2D eigenvalue weighted by Crippen LogP contribution is 2.33. The van der Waals surface area contributed by atoms with Crippen LogP contribution in [0.1, 0.15) is 17.1 Å². The molecule has 0 radical (unpaired) electrons. The number of hydrogen-bond acceptors (Lipinski definition) is 6.